The Morgan fingerprint density at radius 1 is 1.22 bits per heavy atom. The van der Waals surface area contributed by atoms with Crippen LogP contribution in [0.4, 0.5) is 4.39 Å². The normalized spacial score (nSPS) is 30.2. The summed E-state index contributed by atoms with van der Waals surface area (Å²) in [5.74, 6) is 1.86. The second-order valence-corrected chi connectivity index (χ2v) is 7.03. The Morgan fingerprint density at radius 3 is 2.39 bits per heavy atom. The molecule has 1 aromatic carbocycles. The SMILES string of the molecule is CC1CC(C)CC(C(N)c2ccc(F)cc2I)C1. The Bertz CT molecular complexity index is 411. The zero-order valence-corrected chi connectivity index (χ0v) is 13.2. The number of hydrogen-bond donors (Lipinski definition) is 1. The smallest absolute Gasteiger partial charge is 0.124 e. The number of nitrogens with two attached hydrogens (primary N) is 1. The predicted molar refractivity (Wildman–Crippen MR) is 81.7 cm³/mol. The highest BCUT2D eigenvalue weighted by molar-refractivity contribution is 14.1. The first kappa shape index (κ1) is 14.3. The van der Waals surface area contributed by atoms with E-state index in [0.29, 0.717) is 5.92 Å². The van der Waals surface area contributed by atoms with Crippen LogP contribution in [0.2, 0.25) is 0 Å². The molecule has 0 bridgehead atoms. The third-order valence-electron chi connectivity index (χ3n) is 4.04. The van der Waals surface area contributed by atoms with Gasteiger partial charge in [-0.2, -0.15) is 0 Å². The molecule has 1 saturated carbocycles. The fourth-order valence-electron chi connectivity index (χ4n) is 3.33. The summed E-state index contributed by atoms with van der Waals surface area (Å²) < 4.78 is 14.1. The Balaban J connectivity index is 2.17. The third kappa shape index (κ3) is 3.23. The van der Waals surface area contributed by atoms with Crippen molar-refractivity contribution in [1.82, 2.24) is 0 Å². The van der Waals surface area contributed by atoms with Gasteiger partial charge < -0.3 is 5.73 Å². The maximum absolute atomic E-state index is 13.1. The molecule has 0 heterocycles. The lowest BCUT2D eigenvalue weighted by Gasteiger charge is -2.35. The van der Waals surface area contributed by atoms with Crippen LogP contribution in [-0.4, -0.2) is 0 Å². The van der Waals surface area contributed by atoms with Gasteiger partial charge in [0.1, 0.15) is 5.82 Å². The molecule has 3 unspecified atom stereocenters. The van der Waals surface area contributed by atoms with Gasteiger partial charge in [-0.25, -0.2) is 4.39 Å². The standard InChI is InChI=1S/C15H21FIN/c1-9-5-10(2)7-11(6-9)15(18)13-4-3-12(16)8-14(13)17/h3-4,8-11,15H,5-7,18H2,1-2H3. The van der Waals surface area contributed by atoms with Crippen molar-refractivity contribution in [3.63, 3.8) is 0 Å². The van der Waals surface area contributed by atoms with Gasteiger partial charge in [-0.15, -0.1) is 0 Å². The molecular weight excluding hydrogens is 340 g/mol. The highest BCUT2D eigenvalue weighted by atomic mass is 127. The van der Waals surface area contributed by atoms with Crippen molar-refractivity contribution in [2.24, 2.45) is 23.5 Å². The summed E-state index contributed by atoms with van der Waals surface area (Å²) in [6.45, 7) is 4.62. The summed E-state index contributed by atoms with van der Waals surface area (Å²) in [5, 5.41) is 0. The van der Waals surface area contributed by atoms with E-state index in [-0.39, 0.29) is 11.9 Å². The molecule has 1 nitrogen and oxygen atoms in total. The van der Waals surface area contributed by atoms with Gasteiger partial charge in [0.05, 0.1) is 0 Å². The topological polar surface area (TPSA) is 26.0 Å². The number of hydrogen-bond acceptors (Lipinski definition) is 1. The van der Waals surface area contributed by atoms with Crippen LogP contribution in [0.25, 0.3) is 0 Å². The van der Waals surface area contributed by atoms with Crippen molar-refractivity contribution in [2.45, 2.75) is 39.2 Å². The molecule has 1 aliphatic carbocycles. The molecule has 1 fully saturated rings. The number of halogens is 2. The van der Waals surface area contributed by atoms with Crippen molar-refractivity contribution in [2.75, 3.05) is 0 Å². The lowest BCUT2D eigenvalue weighted by molar-refractivity contribution is 0.193. The summed E-state index contributed by atoms with van der Waals surface area (Å²) >= 11 is 2.19. The van der Waals surface area contributed by atoms with Crippen LogP contribution in [-0.2, 0) is 0 Å². The minimum atomic E-state index is -0.180. The van der Waals surface area contributed by atoms with E-state index in [9.17, 15) is 4.39 Å². The van der Waals surface area contributed by atoms with E-state index in [1.807, 2.05) is 6.07 Å². The van der Waals surface area contributed by atoms with Crippen LogP contribution in [0.3, 0.4) is 0 Å². The van der Waals surface area contributed by atoms with Crippen molar-refractivity contribution in [1.29, 1.82) is 0 Å². The van der Waals surface area contributed by atoms with Gasteiger partial charge in [-0.05, 0) is 77.3 Å². The number of benzene rings is 1. The van der Waals surface area contributed by atoms with Crippen molar-refractivity contribution in [3.05, 3.63) is 33.1 Å². The van der Waals surface area contributed by atoms with E-state index in [1.54, 1.807) is 6.07 Å². The molecule has 100 valence electrons. The molecular formula is C15H21FIN. The third-order valence-corrected chi connectivity index (χ3v) is 4.98. The zero-order valence-electron chi connectivity index (χ0n) is 11.0. The van der Waals surface area contributed by atoms with Gasteiger partial charge in [-0.1, -0.05) is 19.9 Å². The van der Waals surface area contributed by atoms with E-state index in [4.69, 9.17) is 5.73 Å². The summed E-state index contributed by atoms with van der Waals surface area (Å²) in [7, 11) is 0. The average Bonchev–Trinajstić information content (AvgIpc) is 2.26. The van der Waals surface area contributed by atoms with Gasteiger partial charge in [0.25, 0.3) is 0 Å². The van der Waals surface area contributed by atoms with E-state index in [0.717, 1.165) is 21.0 Å². The molecule has 3 heteroatoms. The molecule has 0 saturated heterocycles. The van der Waals surface area contributed by atoms with Crippen LogP contribution < -0.4 is 5.73 Å². The quantitative estimate of drug-likeness (QED) is 0.771. The van der Waals surface area contributed by atoms with Crippen LogP contribution in [0, 0.1) is 27.1 Å². The summed E-state index contributed by atoms with van der Waals surface area (Å²) in [4.78, 5) is 0. The minimum absolute atomic E-state index is 0.0442. The summed E-state index contributed by atoms with van der Waals surface area (Å²) in [6.07, 6.45) is 3.70. The first-order valence-electron chi connectivity index (χ1n) is 6.68. The van der Waals surface area contributed by atoms with Crippen molar-refractivity contribution < 1.29 is 4.39 Å². The van der Waals surface area contributed by atoms with Crippen LogP contribution in [0.1, 0.15) is 44.7 Å². The molecule has 0 radical (unpaired) electrons. The maximum Gasteiger partial charge on any atom is 0.124 e. The molecule has 2 rings (SSSR count). The Hall–Kier alpha value is -0.160. The Kier molecular flexibility index (Phi) is 4.64. The van der Waals surface area contributed by atoms with Crippen LogP contribution in [0.15, 0.2) is 18.2 Å². The molecule has 0 aromatic heterocycles. The molecule has 0 spiro atoms. The van der Waals surface area contributed by atoms with E-state index in [2.05, 4.69) is 36.4 Å². The van der Waals surface area contributed by atoms with Gasteiger partial charge in [0, 0.05) is 9.61 Å². The predicted octanol–water partition coefficient (Wildman–Crippen LogP) is 4.50. The molecule has 18 heavy (non-hydrogen) atoms. The van der Waals surface area contributed by atoms with Gasteiger partial charge in [-0.3, -0.25) is 0 Å². The van der Waals surface area contributed by atoms with Crippen molar-refractivity contribution in [3.8, 4) is 0 Å². The molecule has 3 atom stereocenters. The van der Waals surface area contributed by atoms with E-state index < -0.39 is 0 Å². The fourth-order valence-corrected chi connectivity index (χ4v) is 4.17. The van der Waals surface area contributed by atoms with Gasteiger partial charge in [0.15, 0.2) is 0 Å². The van der Waals surface area contributed by atoms with Gasteiger partial charge in [0.2, 0.25) is 0 Å². The summed E-state index contributed by atoms with van der Waals surface area (Å²) in [5.41, 5.74) is 7.52. The van der Waals surface area contributed by atoms with Crippen LogP contribution in [0.5, 0.6) is 0 Å². The van der Waals surface area contributed by atoms with E-state index in [1.165, 1.54) is 25.3 Å². The molecule has 1 aliphatic rings. The van der Waals surface area contributed by atoms with Gasteiger partial charge >= 0.3 is 0 Å². The number of rotatable bonds is 2. The largest absolute Gasteiger partial charge is 0.324 e. The lowest BCUT2D eigenvalue weighted by atomic mass is 9.72. The fraction of sp³-hybridized carbons (Fsp3) is 0.600. The first-order chi connectivity index (χ1) is 8.47. The molecule has 0 amide bonds. The maximum atomic E-state index is 13.1. The average molecular weight is 361 g/mol. The Labute approximate surface area is 122 Å². The second-order valence-electron chi connectivity index (χ2n) is 5.87. The lowest BCUT2D eigenvalue weighted by Crippen LogP contribution is -2.29. The zero-order chi connectivity index (χ0) is 13.3. The molecule has 0 aliphatic heterocycles. The Morgan fingerprint density at radius 2 is 1.83 bits per heavy atom. The molecule has 1 aromatic rings. The second kappa shape index (κ2) is 5.87. The highest BCUT2D eigenvalue weighted by Gasteiger charge is 2.29. The van der Waals surface area contributed by atoms with E-state index >= 15 is 0 Å². The van der Waals surface area contributed by atoms with Crippen molar-refractivity contribution >= 4 is 22.6 Å². The summed E-state index contributed by atoms with van der Waals surface area (Å²) in [6, 6.07) is 4.99. The minimum Gasteiger partial charge on any atom is -0.324 e. The highest BCUT2D eigenvalue weighted by Crippen LogP contribution is 2.39. The van der Waals surface area contributed by atoms with Crippen LogP contribution >= 0.6 is 22.6 Å². The molecule has 2 N–H and O–H groups in total. The first-order valence-corrected chi connectivity index (χ1v) is 7.75. The monoisotopic (exact) mass is 361 g/mol.